The van der Waals surface area contributed by atoms with Gasteiger partial charge in [-0.05, 0) is 76.6 Å². The Balaban J connectivity index is 1.03. The summed E-state index contributed by atoms with van der Waals surface area (Å²) in [6, 6.07) is 55.6. The maximum absolute atomic E-state index is 5.17. The molecule has 2 aliphatic heterocycles. The fourth-order valence-electron chi connectivity index (χ4n) is 8.16. The Morgan fingerprint density at radius 1 is 0.527 bits per heavy atom. The fourth-order valence-corrected chi connectivity index (χ4v) is 8.16. The van der Waals surface area contributed by atoms with Crippen LogP contribution < -0.4 is 4.90 Å². The van der Waals surface area contributed by atoms with E-state index < -0.39 is 0 Å². The van der Waals surface area contributed by atoms with Crippen molar-refractivity contribution < 1.29 is 0 Å². The lowest BCUT2D eigenvalue weighted by Gasteiger charge is -2.26. The molecule has 0 N–H and O–H groups in total. The first-order valence-corrected chi connectivity index (χ1v) is 18.9. The number of fused-ring (bicyclic) bond motifs is 3. The molecule has 3 heterocycles. The monoisotopic (exact) mass is 707 g/mol. The summed E-state index contributed by atoms with van der Waals surface area (Å²) in [7, 11) is 0. The smallest absolute Gasteiger partial charge is 0.164 e. The zero-order valence-corrected chi connectivity index (χ0v) is 30.2. The zero-order chi connectivity index (χ0) is 36.6. The maximum Gasteiger partial charge on any atom is 0.164 e. The van der Waals surface area contributed by atoms with Crippen molar-refractivity contribution in [2.24, 2.45) is 4.99 Å². The molecule has 0 amide bonds. The SMILES string of the molecule is C1=CC(c2cccc(-c3nc(-c4ccc(C5=CC=C6C(C5)c5ccccc5N6c5ccccc5)cc4)nc(-c4ccccc4-c4ccccc4)n3)c2)CC=N1. The van der Waals surface area contributed by atoms with Crippen molar-refractivity contribution in [2.75, 3.05) is 4.90 Å². The van der Waals surface area contributed by atoms with Gasteiger partial charge in [-0.15, -0.1) is 0 Å². The highest BCUT2D eigenvalue weighted by molar-refractivity contribution is 5.84. The molecule has 0 saturated carbocycles. The summed E-state index contributed by atoms with van der Waals surface area (Å²) in [6.07, 6.45) is 12.4. The molecular formula is C50H37N5. The van der Waals surface area contributed by atoms with Crippen LogP contribution in [0.2, 0.25) is 0 Å². The van der Waals surface area contributed by atoms with Gasteiger partial charge in [-0.3, -0.25) is 4.99 Å². The van der Waals surface area contributed by atoms with Crippen LogP contribution in [0.4, 0.5) is 11.4 Å². The minimum atomic E-state index is 0.267. The van der Waals surface area contributed by atoms with Crippen LogP contribution in [0.3, 0.4) is 0 Å². The number of benzene rings is 6. The largest absolute Gasteiger partial charge is 0.313 e. The van der Waals surface area contributed by atoms with Gasteiger partial charge < -0.3 is 4.90 Å². The number of nitrogens with zero attached hydrogens (tertiary/aromatic N) is 5. The van der Waals surface area contributed by atoms with Gasteiger partial charge in [-0.25, -0.2) is 15.0 Å². The summed E-state index contributed by atoms with van der Waals surface area (Å²) in [5, 5.41) is 0. The molecule has 0 bridgehead atoms. The predicted molar refractivity (Wildman–Crippen MR) is 225 cm³/mol. The molecule has 2 atom stereocenters. The summed E-state index contributed by atoms with van der Waals surface area (Å²) in [5.74, 6) is 2.50. The van der Waals surface area contributed by atoms with E-state index in [2.05, 4.69) is 180 Å². The second-order valence-corrected chi connectivity index (χ2v) is 14.2. The topological polar surface area (TPSA) is 54.3 Å². The Kier molecular flexibility index (Phi) is 8.37. The minimum absolute atomic E-state index is 0.267. The van der Waals surface area contributed by atoms with Crippen LogP contribution in [0.15, 0.2) is 193 Å². The van der Waals surface area contributed by atoms with Crippen molar-refractivity contribution in [3.63, 3.8) is 0 Å². The van der Waals surface area contributed by atoms with Crippen LogP contribution in [0, 0.1) is 0 Å². The Bertz CT molecular complexity index is 2660. The molecule has 1 aliphatic carbocycles. The summed E-state index contributed by atoms with van der Waals surface area (Å²) < 4.78 is 0. The number of allylic oxidation sites excluding steroid dienone is 5. The average molecular weight is 708 g/mol. The Morgan fingerprint density at radius 3 is 2.00 bits per heavy atom. The molecule has 10 rings (SSSR count). The van der Waals surface area contributed by atoms with Crippen molar-refractivity contribution in [3.8, 4) is 45.3 Å². The minimum Gasteiger partial charge on any atom is -0.313 e. The van der Waals surface area contributed by atoms with Gasteiger partial charge in [-0.2, -0.15) is 0 Å². The highest BCUT2D eigenvalue weighted by Crippen LogP contribution is 2.52. The second kappa shape index (κ2) is 14.1. The fraction of sp³-hybridized carbons (Fsp3) is 0.0800. The molecule has 1 aromatic heterocycles. The van der Waals surface area contributed by atoms with Gasteiger partial charge in [0.1, 0.15) is 0 Å². The van der Waals surface area contributed by atoms with Crippen LogP contribution in [-0.2, 0) is 0 Å². The van der Waals surface area contributed by atoms with E-state index in [9.17, 15) is 0 Å². The van der Waals surface area contributed by atoms with Crippen LogP contribution in [-0.4, -0.2) is 21.2 Å². The summed E-state index contributed by atoms with van der Waals surface area (Å²) >= 11 is 0. The van der Waals surface area contributed by atoms with Gasteiger partial charge in [0.05, 0.1) is 0 Å². The van der Waals surface area contributed by atoms with E-state index in [1.54, 1.807) is 0 Å². The first-order valence-electron chi connectivity index (χ1n) is 18.9. The molecule has 2 unspecified atom stereocenters. The van der Waals surface area contributed by atoms with Gasteiger partial charge in [0.2, 0.25) is 0 Å². The number of para-hydroxylation sites is 2. The second-order valence-electron chi connectivity index (χ2n) is 14.2. The van der Waals surface area contributed by atoms with Crippen molar-refractivity contribution in [3.05, 3.63) is 205 Å². The highest BCUT2D eigenvalue weighted by atomic mass is 15.2. The third kappa shape index (κ3) is 6.20. The highest BCUT2D eigenvalue weighted by Gasteiger charge is 2.36. The predicted octanol–water partition coefficient (Wildman–Crippen LogP) is 12.2. The molecule has 55 heavy (non-hydrogen) atoms. The summed E-state index contributed by atoms with van der Waals surface area (Å²) in [4.78, 5) is 22.2. The number of hydrogen-bond donors (Lipinski definition) is 0. The first-order chi connectivity index (χ1) is 27.3. The molecule has 3 aliphatic rings. The van der Waals surface area contributed by atoms with Crippen LogP contribution >= 0.6 is 0 Å². The van der Waals surface area contributed by atoms with Crippen LogP contribution in [0.25, 0.3) is 50.9 Å². The molecule has 5 nitrogen and oxygen atoms in total. The van der Waals surface area contributed by atoms with Crippen molar-refractivity contribution in [1.29, 1.82) is 0 Å². The van der Waals surface area contributed by atoms with Crippen molar-refractivity contribution in [1.82, 2.24) is 15.0 Å². The molecular weight excluding hydrogens is 671 g/mol. The standard InChI is InChI=1S/C50H37N5/c1-3-12-36(13-4-1)42-18-7-8-20-44(42)50-53-48(52-49(54-50)40-15-11-14-38(32-40)35-28-30-51-31-29-35)37-24-22-34(23-25-37)39-26-27-47-45(33-39)43-19-9-10-21-46(43)55(47)41-16-5-2-6-17-41/h1-28,30-32,35,45H,29,33H2. The quantitative estimate of drug-likeness (QED) is 0.165. The molecule has 7 aromatic rings. The van der Waals surface area contributed by atoms with E-state index >= 15 is 0 Å². The van der Waals surface area contributed by atoms with Gasteiger partial charge in [0.15, 0.2) is 17.5 Å². The third-order valence-electron chi connectivity index (χ3n) is 10.9. The molecule has 0 radical (unpaired) electrons. The van der Waals surface area contributed by atoms with Gasteiger partial charge in [-0.1, -0.05) is 146 Å². The van der Waals surface area contributed by atoms with Gasteiger partial charge in [0, 0.05) is 58.0 Å². The summed E-state index contributed by atoms with van der Waals surface area (Å²) in [6.45, 7) is 0. The van der Waals surface area contributed by atoms with Crippen molar-refractivity contribution in [2.45, 2.75) is 24.7 Å². The Hall–Kier alpha value is -6.98. The average Bonchev–Trinajstić information content (AvgIpc) is 3.61. The van der Waals surface area contributed by atoms with E-state index in [1.165, 1.54) is 39.3 Å². The zero-order valence-electron chi connectivity index (χ0n) is 30.2. The molecule has 5 heteroatoms. The van der Waals surface area contributed by atoms with Crippen molar-refractivity contribution >= 4 is 23.2 Å². The van der Waals surface area contributed by atoms with E-state index in [1.807, 2.05) is 18.5 Å². The number of aliphatic imine (C=N–C) groups is 1. The van der Waals surface area contributed by atoms with Crippen LogP contribution in [0.1, 0.15) is 41.4 Å². The van der Waals surface area contributed by atoms with Crippen LogP contribution in [0.5, 0.6) is 0 Å². The van der Waals surface area contributed by atoms with E-state index in [0.29, 0.717) is 23.4 Å². The Morgan fingerprint density at radius 2 is 1.20 bits per heavy atom. The van der Waals surface area contributed by atoms with E-state index in [0.717, 1.165) is 40.7 Å². The number of aromatic nitrogens is 3. The molecule has 6 aromatic carbocycles. The van der Waals surface area contributed by atoms with E-state index in [-0.39, 0.29) is 5.92 Å². The summed E-state index contributed by atoms with van der Waals surface area (Å²) in [5.41, 5.74) is 14.0. The molecule has 0 spiro atoms. The maximum atomic E-state index is 5.17. The third-order valence-corrected chi connectivity index (χ3v) is 10.9. The molecule has 262 valence electrons. The van der Waals surface area contributed by atoms with Gasteiger partial charge in [0.25, 0.3) is 0 Å². The van der Waals surface area contributed by atoms with E-state index in [4.69, 9.17) is 15.0 Å². The lowest BCUT2D eigenvalue weighted by atomic mass is 9.85. The molecule has 0 fully saturated rings. The number of anilines is 2. The number of hydrogen-bond acceptors (Lipinski definition) is 5. The van der Waals surface area contributed by atoms with Gasteiger partial charge >= 0.3 is 0 Å². The lowest BCUT2D eigenvalue weighted by molar-refractivity contribution is 0.832. The lowest BCUT2D eigenvalue weighted by Crippen LogP contribution is -2.15. The molecule has 0 saturated heterocycles. The number of rotatable bonds is 7. The first kappa shape index (κ1) is 32.7. The normalized spacial score (nSPS) is 17.0. The Labute approximate surface area is 321 Å².